The Kier molecular flexibility index (Phi) is 6.13. The van der Waals surface area contributed by atoms with Gasteiger partial charge in [0.2, 0.25) is 11.7 Å². The van der Waals surface area contributed by atoms with Crippen molar-refractivity contribution in [1.82, 2.24) is 24.6 Å². The van der Waals surface area contributed by atoms with Crippen LogP contribution in [0.15, 0.2) is 64.8 Å². The third-order valence-electron chi connectivity index (χ3n) is 7.09. The molecule has 6 rings (SSSR count). The Morgan fingerprint density at radius 2 is 1.97 bits per heavy atom. The average molecular weight is 497 g/mol. The Labute approximate surface area is 213 Å². The van der Waals surface area contributed by atoms with Crippen molar-refractivity contribution in [2.45, 2.75) is 45.1 Å². The fourth-order valence-electron chi connectivity index (χ4n) is 5.33. The minimum absolute atomic E-state index is 0.0387. The van der Waals surface area contributed by atoms with Crippen LogP contribution < -0.4 is 11.0 Å². The number of carbonyl (C=O) groups excluding carboxylic acids is 1. The van der Waals surface area contributed by atoms with E-state index in [0.29, 0.717) is 43.1 Å². The molecular weight excluding hydrogens is 468 g/mol. The molecule has 9 heteroatoms. The molecule has 1 fully saturated rings. The zero-order valence-electron chi connectivity index (χ0n) is 20.7. The molecular formula is C28H28N6O3. The first-order valence-electron chi connectivity index (χ1n) is 12.7. The van der Waals surface area contributed by atoms with Crippen LogP contribution in [-0.4, -0.2) is 44.0 Å². The lowest BCUT2D eigenvalue weighted by molar-refractivity contribution is -0.119. The van der Waals surface area contributed by atoms with Crippen LogP contribution in [-0.2, 0) is 22.4 Å². The molecule has 1 saturated heterocycles. The van der Waals surface area contributed by atoms with Crippen LogP contribution in [0.2, 0.25) is 0 Å². The normalized spacial score (nSPS) is 17.4. The number of hydrogen-bond donors (Lipinski definition) is 1. The molecule has 0 aliphatic carbocycles. The van der Waals surface area contributed by atoms with Gasteiger partial charge in [0.15, 0.2) is 0 Å². The van der Waals surface area contributed by atoms with Gasteiger partial charge in [-0.2, -0.15) is 15.2 Å². The van der Waals surface area contributed by atoms with Gasteiger partial charge in [0.05, 0.1) is 30.5 Å². The summed E-state index contributed by atoms with van der Waals surface area (Å²) in [7, 11) is 0. The largest absolute Gasteiger partial charge is 0.379 e. The molecule has 188 valence electrons. The van der Waals surface area contributed by atoms with E-state index in [0.717, 1.165) is 40.8 Å². The number of benzene rings is 2. The van der Waals surface area contributed by atoms with E-state index >= 15 is 0 Å². The maximum Gasteiger partial charge on any atom is 0.259 e. The molecule has 4 aromatic rings. The van der Waals surface area contributed by atoms with Gasteiger partial charge in [-0.05, 0) is 35.6 Å². The summed E-state index contributed by atoms with van der Waals surface area (Å²) >= 11 is 0. The van der Waals surface area contributed by atoms with Gasteiger partial charge in [-0.1, -0.05) is 55.8 Å². The summed E-state index contributed by atoms with van der Waals surface area (Å²) in [4.78, 5) is 30.4. The minimum Gasteiger partial charge on any atom is -0.379 e. The number of aryl methyl sites for hydroxylation is 1. The summed E-state index contributed by atoms with van der Waals surface area (Å²) in [5.41, 5.74) is 8.75. The van der Waals surface area contributed by atoms with Crippen LogP contribution >= 0.6 is 0 Å². The number of aromatic nitrogens is 4. The fraction of sp³-hybridized carbons (Fsp3) is 0.321. The molecule has 1 amide bonds. The standard InChI is InChI=1S/C28H28N6O3/c1-2-6-25-23(27(36)33(20-11-12-37-16-20)28-29-17-30-34(25)28)14-18-9-10-21(19-7-4-3-5-8-19)22(13-18)24-15-26(35)32-31-24/h3-5,7-10,13,17,20H,2,6,11-12,14-16H2,1H3,(H,32,35). The van der Waals surface area contributed by atoms with Crippen LogP contribution in [0.1, 0.15) is 54.6 Å². The van der Waals surface area contributed by atoms with E-state index in [1.165, 1.54) is 6.33 Å². The summed E-state index contributed by atoms with van der Waals surface area (Å²) < 4.78 is 9.18. The van der Waals surface area contributed by atoms with Crippen LogP contribution in [0.4, 0.5) is 0 Å². The first-order valence-corrected chi connectivity index (χ1v) is 12.7. The lowest BCUT2D eigenvalue weighted by Gasteiger charge is -2.19. The zero-order chi connectivity index (χ0) is 25.4. The number of hydrogen-bond acceptors (Lipinski definition) is 6. The number of fused-ring (bicyclic) bond motifs is 1. The Balaban J connectivity index is 1.49. The molecule has 37 heavy (non-hydrogen) atoms. The topological polar surface area (TPSA) is 103 Å². The number of carbonyl (C=O) groups is 1. The lowest BCUT2D eigenvalue weighted by atomic mass is 9.91. The molecule has 2 aromatic heterocycles. The third kappa shape index (κ3) is 4.25. The Morgan fingerprint density at radius 1 is 1.11 bits per heavy atom. The van der Waals surface area contributed by atoms with Crippen molar-refractivity contribution < 1.29 is 9.53 Å². The first-order chi connectivity index (χ1) is 18.1. The second kappa shape index (κ2) is 9.74. The highest BCUT2D eigenvalue weighted by molar-refractivity contribution is 6.16. The van der Waals surface area contributed by atoms with Gasteiger partial charge in [0.1, 0.15) is 6.33 Å². The summed E-state index contributed by atoms with van der Waals surface area (Å²) in [6.45, 7) is 3.21. The molecule has 1 N–H and O–H groups in total. The fourth-order valence-corrected chi connectivity index (χ4v) is 5.33. The van der Waals surface area contributed by atoms with Gasteiger partial charge in [-0.25, -0.2) is 9.94 Å². The molecule has 0 spiro atoms. The number of ether oxygens (including phenoxy) is 1. The SMILES string of the molecule is CCCc1c(Cc2ccc(-c3ccccc3)c(C3=NNC(=O)C3)c2)c(=O)n(C2CCOC2)c2ncnn12. The quantitative estimate of drug-likeness (QED) is 0.423. The van der Waals surface area contributed by atoms with Crippen LogP contribution in [0.25, 0.3) is 16.9 Å². The number of nitrogens with one attached hydrogen (secondary N) is 1. The molecule has 1 unspecified atom stereocenters. The molecule has 0 bridgehead atoms. The number of nitrogens with zero attached hydrogens (tertiary/aromatic N) is 5. The van der Waals surface area contributed by atoms with E-state index in [2.05, 4.69) is 45.7 Å². The Bertz CT molecular complexity index is 1560. The third-order valence-corrected chi connectivity index (χ3v) is 7.09. The first kappa shape index (κ1) is 23.3. The van der Waals surface area contributed by atoms with Crippen molar-refractivity contribution in [3.63, 3.8) is 0 Å². The van der Waals surface area contributed by atoms with Crippen molar-refractivity contribution in [3.8, 4) is 11.1 Å². The van der Waals surface area contributed by atoms with Crippen LogP contribution in [0.3, 0.4) is 0 Å². The monoisotopic (exact) mass is 496 g/mol. The molecule has 2 aliphatic heterocycles. The molecule has 9 nitrogen and oxygen atoms in total. The number of amides is 1. The summed E-state index contributed by atoms with van der Waals surface area (Å²) in [5.74, 6) is 0.445. The molecule has 4 heterocycles. The second-order valence-electron chi connectivity index (χ2n) is 9.53. The summed E-state index contributed by atoms with van der Waals surface area (Å²) in [6, 6.07) is 16.2. The predicted octanol–water partition coefficient (Wildman–Crippen LogP) is 3.29. The number of rotatable bonds is 7. The van der Waals surface area contributed by atoms with E-state index in [-0.39, 0.29) is 23.9 Å². The van der Waals surface area contributed by atoms with Crippen LogP contribution in [0.5, 0.6) is 0 Å². The lowest BCUT2D eigenvalue weighted by Crippen LogP contribution is -2.32. The van der Waals surface area contributed by atoms with E-state index in [4.69, 9.17) is 4.74 Å². The molecule has 0 saturated carbocycles. The van der Waals surface area contributed by atoms with E-state index in [1.807, 2.05) is 34.8 Å². The molecule has 0 radical (unpaired) electrons. The highest BCUT2D eigenvalue weighted by Gasteiger charge is 2.27. The molecule has 2 aromatic carbocycles. The van der Waals surface area contributed by atoms with E-state index in [9.17, 15) is 9.59 Å². The van der Waals surface area contributed by atoms with Crippen molar-refractivity contribution in [2.24, 2.45) is 5.10 Å². The summed E-state index contributed by atoms with van der Waals surface area (Å²) in [5, 5.41) is 8.80. The highest BCUT2D eigenvalue weighted by atomic mass is 16.5. The van der Waals surface area contributed by atoms with Crippen LogP contribution in [0, 0.1) is 0 Å². The Hall–Kier alpha value is -4.11. The zero-order valence-corrected chi connectivity index (χ0v) is 20.7. The maximum absolute atomic E-state index is 14.0. The predicted molar refractivity (Wildman–Crippen MR) is 140 cm³/mol. The molecule has 1 atom stereocenters. The smallest absolute Gasteiger partial charge is 0.259 e. The van der Waals surface area contributed by atoms with Gasteiger partial charge in [0.25, 0.3) is 5.56 Å². The van der Waals surface area contributed by atoms with E-state index < -0.39 is 0 Å². The molecule has 2 aliphatic rings. The van der Waals surface area contributed by atoms with Gasteiger partial charge in [-0.15, -0.1) is 0 Å². The summed E-state index contributed by atoms with van der Waals surface area (Å²) in [6.07, 6.45) is 4.54. The van der Waals surface area contributed by atoms with Gasteiger partial charge >= 0.3 is 0 Å². The highest BCUT2D eigenvalue weighted by Crippen LogP contribution is 2.29. The van der Waals surface area contributed by atoms with Gasteiger partial charge in [0, 0.05) is 24.2 Å². The maximum atomic E-state index is 14.0. The number of hydrazone groups is 1. The minimum atomic E-state index is -0.122. The van der Waals surface area contributed by atoms with Crippen molar-refractivity contribution in [2.75, 3.05) is 13.2 Å². The van der Waals surface area contributed by atoms with Crippen molar-refractivity contribution >= 4 is 17.4 Å². The van der Waals surface area contributed by atoms with Crippen molar-refractivity contribution in [3.05, 3.63) is 87.6 Å². The second-order valence-corrected chi connectivity index (χ2v) is 9.53. The van der Waals surface area contributed by atoms with Crippen molar-refractivity contribution in [1.29, 1.82) is 0 Å². The Morgan fingerprint density at radius 3 is 2.70 bits per heavy atom. The van der Waals surface area contributed by atoms with Gasteiger partial charge in [-0.3, -0.25) is 14.2 Å². The van der Waals surface area contributed by atoms with E-state index in [1.54, 1.807) is 4.57 Å². The van der Waals surface area contributed by atoms with Gasteiger partial charge < -0.3 is 4.74 Å². The average Bonchev–Trinajstić information content (AvgIpc) is 3.70.